The second kappa shape index (κ2) is 6.42. The molecule has 2 aliphatic heterocycles. The Morgan fingerprint density at radius 3 is 2.38 bits per heavy atom. The van der Waals surface area contributed by atoms with Gasteiger partial charge >= 0.3 is 0 Å². The molecule has 2 saturated heterocycles. The number of nitrogens with one attached hydrogen (secondary N) is 1. The molecule has 0 aliphatic carbocycles. The molecule has 0 radical (unpaired) electrons. The van der Waals surface area contributed by atoms with Crippen molar-refractivity contribution < 1.29 is 17.6 Å². The number of piperazine rings is 1. The van der Waals surface area contributed by atoms with Crippen LogP contribution in [0.25, 0.3) is 0 Å². The zero-order chi connectivity index (χ0) is 17.4. The van der Waals surface area contributed by atoms with E-state index in [-0.39, 0.29) is 23.9 Å². The lowest BCUT2D eigenvalue weighted by molar-refractivity contribution is -0.140. The Hall–Kier alpha value is -1.51. The zero-order valence-corrected chi connectivity index (χ0v) is 14.5. The normalized spacial score (nSPS) is 22.5. The summed E-state index contributed by atoms with van der Waals surface area (Å²) in [5.41, 5.74) is -0.609. The Labute approximate surface area is 141 Å². The number of sulfonamides is 1. The van der Waals surface area contributed by atoms with Gasteiger partial charge in [0, 0.05) is 26.2 Å². The first-order chi connectivity index (χ1) is 11.4. The fourth-order valence-electron chi connectivity index (χ4n) is 3.68. The van der Waals surface area contributed by atoms with Gasteiger partial charge in [0.2, 0.25) is 15.9 Å². The van der Waals surface area contributed by atoms with Crippen LogP contribution in [0, 0.1) is 5.82 Å². The van der Waals surface area contributed by atoms with Crippen LogP contribution in [0.15, 0.2) is 29.2 Å². The molecule has 2 heterocycles. The second-order valence-electron chi connectivity index (χ2n) is 6.23. The van der Waals surface area contributed by atoms with Crippen LogP contribution in [0.3, 0.4) is 0 Å². The van der Waals surface area contributed by atoms with Crippen molar-refractivity contribution in [2.45, 2.75) is 30.2 Å². The fraction of sp³-hybridized carbons (Fsp3) is 0.562. The van der Waals surface area contributed by atoms with E-state index < -0.39 is 21.4 Å². The third-order valence-corrected chi connectivity index (χ3v) is 6.99. The van der Waals surface area contributed by atoms with Gasteiger partial charge in [-0.25, -0.2) is 12.8 Å². The van der Waals surface area contributed by atoms with E-state index in [9.17, 15) is 17.6 Å². The fourth-order valence-corrected chi connectivity index (χ4v) is 5.12. The first kappa shape index (κ1) is 17.3. The number of rotatable bonds is 3. The van der Waals surface area contributed by atoms with Gasteiger partial charge in [-0.2, -0.15) is 4.31 Å². The van der Waals surface area contributed by atoms with Gasteiger partial charge < -0.3 is 5.32 Å². The van der Waals surface area contributed by atoms with Crippen molar-refractivity contribution in [3.63, 3.8) is 0 Å². The van der Waals surface area contributed by atoms with Crippen LogP contribution in [0.1, 0.15) is 19.8 Å². The predicted octanol–water partition coefficient (Wildman–Crippen LogP) is 0.801. The van der Waals surface area contributed by atoms with Gasteiger partial charge in [0.1, 0.15) is 11.4 Å². The zero-order valence-electron chi connectivity index (χ0n) is 13.7. The highest BCUT2D eigenvalue weighted by Crippen LogP contribution is 2.33. The van der Waals surface area contributed by atoms with Crippen molar-refractivity contribution in [1.29, 1.82) is 0 Å². The van der Waals surface area contributed by atoms with Crippen LogP contribution in [0.4, 0.5) is 4.39 Å². The smallest absolute Gasteiger partial charge is 0.243 e. The molecule has 132 valence electrons. The number of nitrogens with zero attached hydrogens (tertiary/aromatic N) is 2. The summed E-state index contributed by atoms with van der Waals surface area (Å²) in [4.78, 5) is 14.7. The summed E-state index contributed by atoms with van der Waals surface area (Å²) in [6.45, 7) is 4.76. The van der Waals surface area contributed by atoms with E-state index in [1.165, 1.54) is 16.4 Å². The molecule has 0 atom stereocenters. The van der Waals surface area contributed by atoms with Gasteiger partial charge in [-0.05, 0) is 43.7 Å². The standard InChI is InChI=1S/C16H22FN3O3S/c1-2-19-12-9-18-15(21)16(19)7-10-20(11-8-16)24(22,23)14-5-3-13(17)4-6-14/h3-6H,2,7-12H2,1H3,(H,18,21). The SMILES string of the molecule is CCN1CCNC(=O)C12CCN(S(=O)(=O)c1ccc(F)cc1)CC2. The molecule has 24 heavy (non-hydrogen) atoms. The minimum absolute atomic E-state index is 0.00516. The number of halogens is 1. The second-order valence-corrected chi connectivity index (χ2v) is 8.16. The minimum atomic E-state index is -3.66. The molecular formula is C16H22FN3O3S. The van der Waals surface area contributed by atoms with E-state index in [1.54, 1.807) is 0 Å². The maximum Gasteiger partial charge on any atom is 0.243 e. The topological polar surface area (TPSA) is 69.7 Å². The summed E-state index contributed by atoms with van der Waals surface area (Å²) in [6.07, 6.45) is 0.931. The Kier molecular flexibility index (Phi) is 4.63. The van der Waals surface area contributed by atoms with Crippen molar-refractivity contribution in [2.24, 2.45) is 0 Å². The average molecular weight is 355 g/mol. The summed E-state index contributed by atoms with van der Waals surface area (Å²) in [5.74, 6) is -0.474. The molecular weight excluding hydrogens is 333 g/mol. The molecule has 1 spiro atoms. The van der Waals surface area contributed by atoms with Gasteiger partial charge in [-0.1, -0.05) is 6.92 Å². The molecule has 6 nitrogen and oxygen atoms in total. The number of carbonyl (C=O) groups excluding carboxylic acids is 1. The van der Waals surface area contributed by atoms with Crippen molar-refractivity contribution >= 4 is 15.9 Å². The first-order valence-corrected chi connectivity index (χ1v) is 9.63. The Balaban J connectivity index is 1.79. The molecule has 1 aromatic carbocycles. The predicted molar refractivity (Wildman–Crippen MR) is 87.4 cm³/mol. The number of likely N-dealkylation sites (N-methyl/N-ethyl adjacent to an activating group) is 1. The number of carbonyl (C=O) groups is 1. The first-order valence-electron chi connectivity index (χ1n) is 8.19. The number of amides is 1. The number of piperidine rings is 1. The summed E-state index contributed by atoms with van der Waals surface area (Å²) >= 11 is 0. The summed E-state index contributed by atoms with van der Waals surface area (Å²) in [5, 5.41) is 2.91. The van der Waals surface area contributed by atoms with Crippen LogP contribution < -0.4 is 5.32 Å². The molecule has 2 fully saturated rings. The van der Waals surface area contributed by atoms with E-state index in [4.69, 9.17) is 0 Å². The highest BCUT2D eigenvalue weighted by atomic mass is 32.2. The average Bonchev–Trinajstić information content (AvgIpc) is 2.58. The van der Waals surface area contributed by atoms with Gasteiger partial charge in [0.05, 0.1) is 4.90 Å². The molecule has 3 rings (SSSR count). The lowest BCUT2D eigenvalue weighted by Gasteiger charge is -2.49. The monoisotopic (exact) mass is 355 g/mol. The third kappa shape index (κ3) is 2.82. The van der Waals surface area contributed by atoms with E-state index in [0.717, 1.165) is 25.2 Å². The van der Waals surface area contributed by atoms with E-state index in [0.29, 0.717) is 19.4 Å². The van der Waals surface area contributed by atoms with Crippen LogP contribution in [-0.2, 0) is 14.8 Å². The summed E-state index contributed by atoms with van der Waals surface area (Å²) < 4.78 is 39.8. The van der Waals surface area contributed by atoms with Crippen molar-refractivity contribution in [3.8, 4) is 0 Å². The van der Waals surface area contributed by atoms with Gasteiger partial charge in [-0.3, -0.25) is 9.69 Å². The Bertz CT molecular complexity index is 713. The Morgan fingerprint density at radius 2 is 1.79 bits per heavy atom. The molecule has 0 bridgehead atoms. The van der Waals surface area contributed by atoms with E-state index in [2.05, 4.69) is 10.2 Å². The van der Waals surface area contributed by atoms with Crippen molar-refractivity contribution in [1.82, 2.24) is 14.5 Å². The van der Waals surface area contributed by atoms with Gasteiger partial charge in [-0.15, -0.1) is 0 Å². The van der Waals surface area contributed by atoms with Crippen LogP contribution >= 0.6 is 0 Å². The highest BCUT2D eigenvalue weighted by Gasteiger charge is 2.48. The molecule has 1 aromatic rings. The minimum Gasteiger partial charge on any atom is -0.353 e. The van der Waals surface area contributed by atoms with Gasteiger partial charge in [0.15, 0.2) is 0 Å². The lowest BCUT2D eigenvalue weighted by atomic mass is 9.84. The maximum atomic E-state index is 13.0. The van der Waals surface area contributed by atoms with Crippen molar-refractivity contribution in [3.05, 3.63) is 30.1 Å². The quantitative estimate of drug-likeness (QED) is 0.871. The largest absolute Gasteiger partial charge is 0.353 e. The maximum absolute atomic E-state index is 13.0. The van der Waals surface area contributed by atoms with Gasteiger partial charge in [0.25, 0.3) is 0 Å². The van der Waals surface area contributed by atoms with E-state index >= 15 is 0 Å². The molecule has 1 N–H and O–H groups in total. The molecule has 0 unspecified atom stereocenters. The summed E-state index contributed by atoms with van der Waals surface area (Å²) in [6, 6.07) is 4.85. The molecule has 2 aliphatic rings. The van der Waals surface area contributed by atoms with Crippen LogP contribution in [0.5, 0.6) is 0 Å². The molecule has 0 aromatic heterocycles. The Morgan fingerprint density at radius 1 is 1.17 bits per heavy atom. The van der Waals surface area contributed by atoms with E-state index in [1.807, 2.05) is 6.92 Å². The molecule has 1 amide bonds. The number of hydrogen-bond donors (Lipinski definition) is 1. The third-order valence-electron chi connectivity index (χ3n) is 5.08. The van der Waals surface area contributed by atoms with Crippen LogP contribution in [-0.4, -0.2) is 61.8 Å². The number of hydrogen-bond acceptors (Lipinski definition) is 4. The van der Waals surface area contributed by atoms with Crippen LogP contribution in [0.2, 0.25) is 0 Å². The lowest BCUT2D eigenvalue weighted by Crippen LogP contribution is -2.68. The molecule has 8 heteroatoms. The molecule has 0 saturated carbocycles. The summed E-state index contributed by atoms with van der Waals surface area (Å²) in [7, 11) is -3.66. The van der Waals surface area contributed by atoms with Crippen molar-refractivity contribution in [2.75, 3.05) is 32.7 Å². The number of benzene rings is 1. The highest BCUT2D eigenvalue weighted by molar-refractivity contribution is 7.89.